The minimum atomic E-state index is -0.271. The molecule has 4 fully saturated rings. The van der Waals surface area contributed by atoms with Gasteiger partial charge in [0, 0.05) is 62.2 Å². The van der Waals surface area contributed by atoms with Crippen LogP contribution in [0, 0.1) is 0 Å². The maximum atomic E-state index is 13.7. The summed E-state index contributed by atoms with van der Waals surface area (Å²) in [5.41, 5.74) is 7.07. The summed E-state index contributed by atoms with van der Waals surface area (Å²) >= 11 is 0. The molecule has 6 aromatic rings. The third-order valence-corrected chi connectivity index (χ3v) is 11.9. The Morgan fingerprint density at radius 3 is 1.34 bits per heavy atom. The molecule has 2 aliphatic carbocycles. The molecule has 2 aliphatic heterocycles. The van der Waals surface area contributed by atoms with E-state index in [9.17, 15) is 19.8 Å². The van der Waals surface area contributed by atoms with Crippen molar-refractivity contribution in [2.45, 2.75) is 76.3 Å². The predicted octanol–water partition coefficient (Wildman–Crippen LogP) is 6.06. The standard InChI is InChI=1S/2C22H25N5O2/c2*1-22(2)12-23-9-10-27(22)21(29)16-11-17(13-5-7-15(28)8-6-13)24-20-18(16)19(25-26-20)14-3-4-14/h2*5-8,11,14,23,28H,3-4,9-10,12H2,1-2H3,(H,24,25,26). The van der Waals surface area contributed by atoms with Gasteiger partial charge in [0.05, 0.1) is 55.8 Å². The fourth-order valence-corrected chi connectivity index (χ4v) is 8.32. The number of phenols is 2. The number of phenolic OH excluding ortho intramolecular Hbond substituents is 2. The molecule has 2 saturated heterocycles. The molecule has 14 nitrogen and oxygen atoms in total. The first kappa shape index (κ1) is 37.7. The Morgan fingerprint density at radius 1 is 0.621 bits per heavy atom. The molecular formula is C44H50N10O4. The lowest BCUT2D eigenvalue weighted by molar-refractivity contribution is 0.0471. The van der Waals surface area contributed by atoms with Crippen molar-refractivity contribution < 1.29 is 19.8 Å². The van der Waals surface area contributed by atoms with Crippen molar-refractivity contribution in [3.8, 4) is 34.0 Å². The van der Waals surface area contributed by atoms with Gasteiger partial charge in [0.2, 0.25) is 0 Å². The Kier molecular flexibility index (Phi) is 9.43. The number of carbonyl (C=O) groups is 2. The normalized spacial score (nSPS) is 18.9. The quantitative estimate of drug-likeness (QED) is 0.116. The molecule has 2 amide bonds. The topological polar surface area (TPSA) is 188 Å². The SMILES string of the molecule is CC1(C)CNCCN1C(=O)c1cc(-c2ccc(O)cc2)nc2[nH]nc(C3CC3)c12.CC1(C)CNCCN1C(=O)c1cc(-c2ccc(O)cc2)nc2[nH]nc(C3CC3)c12. The summed E-state index contributed by atoms with van der Waals surface area (Å²) in [5.74, 6) is 1.26. The fourth-order valence-electron chi connectivity index (χ4n) is 8.32. The van der Waals surface area contributed by atoms with E-state index >= 15 is 0 Å². The van der Waals surface area contributed by atoms with Gasteiger partial charge in [-0.3, -0.25) is 19.8 Å². The van der Waals surface area contributed by atoms with Crippen LogP contribution in [0.1, 0.15) is 97.3 Å². The fraction of sp³-hybridized carbons (Fsp3) is 0.409. The van der Waals surface area contributed by atoms with Gasteiger partial charge in [-0.25, -0.2) is 9.97 Å². The van der Waals surface area contributed by atoms with Gasteiger partial charge in [-0.2, -0.15) is 10.2 Å². The summed E-state index contributed by atoms with van der Waals surface area (Å²) in [6.07, 6.45) is 4.41. The molecule has 6 heterocycles. The average molecular weight is 783 g/mol. The molecule has 2 saturated carbocycles. The van der Waals surface area contributed by atoms with Crippen molar-refractivity contribution in [3.63, 3.8) is 0 Å². The number of aromatic hydroxyl groups is 2. The molecule has 10 rings (SSSR count). The molecule has 4 aliphatic rings. The smallest absolute Gasteiger partial charge is 0.255 e. The molecule has 6 N–H and O–H groups in total. The van der Waals surface area contributed by atoms with E-state index in [-0.39, 0.29) is 34.4 Å². The summed E-state index contributed by atoms with van der Waals surface area (Å²) in [6, 6.07) is 17.5. The van der Waals surface area contributed by atoms with Gasteiger partial charge in [0.15, 0.2) is 11.3 Å². The van der Waals surface area contributed by atoms with Crippen LogP contribution in [-0.4, -0.2) is 113 Å². The largest absolute Gasteiger partial charge is 0.508 e. The summed E-state index contributed by atoms with van der Waals surface area (Å²) in [7, 11) is 0. The first-order valence-corrected chi connectivity index (χ1v) is 20.3. The van der Waals surface area contributed by atoms with Gasteiger partial charge in [0.25, 0.3) is 11.8 Å². The number of piperazine rings is 2. The van der Waals surface area contributed by atoms with Gasteiger partial charge in [0.1, 0.15) is 11.5 Å². The molecule has 0 spiro atoms. The number of benzene rings is 2. The van der Waals surface area contributed by atoms with Crippen molar-refractivity contribution in [2.24, 2.45) is 0 Å². The summed E-state index contributed by atoms with van der Waals surface area (Å²) < 4.78 is 0. The minimum absolute atomic E-state index is 0.0206. The number of pyridine rings is 2. The number of fused-ring (bicyclic) bond motifs is 2. The van der Waals surface area contributed by atoms with Crippen LogP contribution in [0.2, 0.25) is 0 Å². The number of rotatable bonds is 6. The first-order valence-electron chi connectivity index (χ1n) is 20.3. The highest BCUT2D eigenvalue weighted by molar-refractivity contribution is 6.09. The number of nitrogens with one attached hydrogen (secondary N) is 4. The van der Waals surface area contributed by atoms with E-state index in [2.05, 4.69) is 58.7 Å². The van der Waals surface area contributed by atoms with Crippen LogP contribution >= 0.6 is 0 Å². The zero-order chi connectivity index (χ0) is 40.3. The van der Waals surface area contributed by atoms with Gasteiger partial charge in [-0.05, 0) is 114 Å². The highest BCUT2D eigenvalue weighted by atomic mass is 16.3. The van der Waals surface area contributed by atoms with E-state index in [4.69, 9.17) is 9.97 Å². The molecule has 2 aromatic carbocycles. The number of nitrogens with zero attached hydrogens (tertiary/aromatic N) is 6. The van der Waals surface area contributed by atoms with E-state index < -0.39 is 0 Å². The minimum Gasteiger partial charge on any atom is -0.508 e. The summed E-state index contributed by atoms with van der Waals surface area (Å²) in [6.45, 7) is 12.8. The number of hydrogen-bond donors (Lipinski definition) is 6. The lowest BCUT2D eigenvalue weighted by atomic mass is 9.96. The van der Waals surface area contributed by atoms with Crippen LogP contribution in [0.5, 0.6) is 11.5 Å². The van der Waals surface area contributed by atoms with Crippen LogP contribution < -0.4 is 10.6 Å². The van der Waals surface area contributed by atoms with E-state index in [0.717, 1.165) is 85.1 Å². The van der Waals surface area contributed by atoms with E-state index in [1.54, 1.807) is 24.3 Å². The zero-order valence-corrected chi connectivity index (χ0v) is 33.4. The average Bonchev–Trinajstić information content (AvgIpc) is 4.15. The van der Waals surface area contributed by atoms with Crippen molar-refractivity contribution in [2.75, 3.05) is 39.3 Å². The molecule has 0 unspecified atom stereocenters. The molecule has 0 radical (unpaired) electrons. The predicted molar refractivity (Wildman–Crippen MR) is 222 cm³/mol. The Bertz CT molecular complexity index is 2340. The highest BCUT2D eigenvalue weighted by Gasteiger charge is 2.39. The third-order valence-electron chi connectivity index (χ3n) is 11.9. The number of carbonyl (C=O) groups excluding carboxylic acids is 2. The number of amides is 2. The van der Waals surface area contributed by atoms with E-state index in [0.29, 0.717) is 58.7 Å². The molecular weight excluding hydrogens is 733 g/mol. The van der Waals surface area contributed by atoms with Gasteiger partial charge >= 0.3 is 0 Å². The van der Waals surface area contributed by atoms with Crippen LogP contribution in [0.25, 0.3) is 44.6 Å². The number of aromatic nitrogens is 6. The first-order chi connectivity index (χ1) is 27.9. The highest BCUT2D eigenvalue weighted by Crippen LogP contribution is 2.45. The molecule has 4 aromatic heterocycles. The molecule has 300 valence electrons. The molecule has 0 atom stereocenters. The zero-order valence-electron chi connectivity index (χ0n) is 33.4. The Morgan fingerprint density at radius 2 is 1.00 bits per heavy atom. The third kappa shape index (κ3) is 7.15. The van der Waals surface area contributed by atoms with Gasteiger partial charge in [-0.1, -0.05) is 0 Å². The second-order valence-corrected chi connectivity index (χ2v) is 17.3. The lowest BCUT2D eigenvalue weighted by Gasteiger charge is -2.43. The van der Waals surface area contributed by atoms with Crippen LogP contribution in [0.4, 0.5) is 0 Å². The molecule has 14 heteroatoms. The van der Waals surface area contributed by atoms with E-state index in [1.807, 2.05) is 46.2 Å². The second kappa shape index (κ2) is 14.5. The Hall–Kier alpha value is -5.86. The summed E-state index contributed by atoms with van der Waals surface area (Å²) in [4.78, 5) is 40.9. The van der Waals surface area contributed by atoms with Crippen LogP contribution in [-0.2, 0) is 0 Å². The number of hydrogen-bond acceptors (Lipinski definition) is 10. The monoisotopic (exact) mass is 782 g/mol. The van der Waals surface area contributed by atoms with Crippen molar-refractivity contribution in [1.82, 2.24) is 50.8 Å². The number of aromatic amines is 2. The Balaban J connectivity index is 0.000000150. The Labute approximate surface area is 336 Å². The van der Waals surface area contributed by atoms with Crippen molar-refractivity contribution in [1.29, 1.82) is 0 Å². The maximum Gasteiger partial charge on any atom is 0.255 e. The van der Waals surface area contributed by atoms with Crippen LogP contribution in [0.15, 0.2) is 60.7 Å². The van der Waals surface area contributed by atoms with Crippen molar-refractivity contribution in [3.05, 3.63) is 83.2 Å². The summed E-state index contributed by atoms with van der Waals surface area (Å²) in [5, 5.41) is 42.8. The molecule has 58 heavy (non-hydrogen) atoms. The van der Waals surface area contributed by atoms with E-state index in [1.165, 1.54) is 0 Å². The van der Waals surface area contributed by atoms with Gasteiger partial charge in [-0.15, -0.1) is 0 Å². The van der Waals surface area contributed by atoms with Crippen molar-refractivity contribution >= 4 is 33.9 Å². The van der Waals surface area contributed by atoms with Gasteiger partial charge < -0.3 is 30.6 Å². The maximum absolute atomic E-state index is 13.7. The molecule has 0 bridgehead atoms. The second-order valence-electron chi connectivity index (χ2n) is 17.3. The van der Waals surface area contributed by atoms with Crippen LogP contribution in [0.3, 0.4) is 0 Å². The number of H-pyrrole nitrogens is 2. The lowest BCUT2D eigenvalue weighted by Crippen LogP contribution is -2.59.